The number of tetrazole rings is 1. The molecule has 0 unspecified atom stereocenters. The smallest absolute Gasteiger partial charge is 0.263 e. The number of hydrogen-bond acceptors (Lipinski definition) is 5. The van der Waals surface area contributed by atoms with Gasteiger partial charge in [-0.1, -0.05) is 35.2 Å². The van der Waals surface area contributed by atoms with Gasteiger partial charge in [-0.15, -0.1) is 5.10 Å². The molecule has 2 aromatic heterocycles. The maximum absolute atomic E-state index is 6.01. The van der Waals surface area contributed by atoms with Crippen molar-refractivity contribution in [1.29, 1.82) is 0 Å². The average molecular weight is 352 g/mol. The summed E-state index contributed by atoms with van der Waals surface area (Å²) in [6, 6.07) is 9.06. The van der Waals surface area contributed by atoms with E-state index < -0.39 is 0 Å². The molecule has 0 aliphatic rings. The first-order valence-corrected chi connectivity index (χ1v) is 7.96. The molecule has 0 aliphatic heterocycles. The lowest BCUT2D eigenvalue weighted by Gasteiger charge is -2.01. The molecular formula is C15H15Cl2N5O. The van der Waals surface area contributed by atoms with Crippen molar-refractivity contribution in [2.24, 2.45) is 0 Å². The van der Waals surface area contributed by atoms with Crippen LogP contribution in [0.25, 0.3) is 11.3 Å². The molecule has 0 saturated carbocycles. The fourth-order valence-electron chi connectivity index (χ4n) is 2.10. The molecule has 3 aromatic rings. The second-order valence-electron chi connectivity index (χ2n) is 4.99. The third-order valence-corrected chi connectivity index (χ3v) is 3.54. The molecule has 0 spiro atoms. The first-order valence-electron chi connectivity index (χ1n) is 7.21. The number of furan rings is 1. The SMILES string of the molecule is CCCn1nnc(NCc2ccc(-c3cc(Cl)cc(Cl)c3)o2)n1. The quantitative estimate of drug-likeness (QED) is 0.718. The van der Waals surface area contributed by atoms with Crippen molar-refractivity contribution in [2.45, 2.75) is 26.4 Å². The van der Waals surface area contributed by atoms with E-state index in [1.54, 1.807) is 23.0 Å². The summed E-state index contributed by atoms with van der Waals surface area (Å²) in [6.45, 7) is 3.27. The lowest BCUT2D eigenvalue weighted by Crippen LogP contribution is -2.03. The van der Waals surface area contributed by atoms with Gasteiger partial charge < -0.3 is 9.73 Å². The molecule has 1 N–H and O–H groups in total. The third kappa shape index (κ3) is 4.03. The highest BCUT2D eigenvalue weighted by molar-refractivity contribution is 6.35. The van der Waals surface area contributed by atoms with Crippen molar-refractivity contribution in [3.63, 3.8) is 0 Å². The van der Waals surface area contributed by atoms with Crippen LogP contribution in [0.15, 0.2) is 34.7 Å². The van der Waals surface area contributed by atoms with Gasteiger partial charge >= 0.3 is 0 Å². The molecule has 1 aromatic carbocycles. The van der Waals surface area contributed by atoms with Crippen molar-refractivity contribution in [3.05, 3.63) is 46.1 Å². The summed E-state index contributed by atoms with van der Waals surface area (Å²) in [5.74, 6) is 1.93. The summed E-state index contributed by atoms with van der Waals surface area (Å²) in [5.41, 5.74) is 0.834. The Bertz CT molecular complexity index is 779. The predicted octanol–water partition coefficient (Wildman–Crippen LogP) is 4.26. The minimum Gasteiger partial charge on any atom is -0.459 e. The maximum Gasteiger partial charge on any atom is 0.263 e. The highest BCUT2D eigenvalue weighted by Crippen LogP contribution is 2.28. The molecule has 0 radical (unpaired) electrons. The van der Waals surface area contributed by atoms with Gasteiger partial charge in [-0.25, -0.2) is 0 Å². The predicted molar refractivity (Wildman–Crippen MR) is 89.6 cm³/mol. The summed E-state index contributed by atoms with van der Waals surface area (Å²) in [5, 5.41) is 16.3. The molecule has 23 heavy (non-hydrogen) atoms. The van der Waals surface area contributed by atoms with E-state index in [0.29, 0.717) is 28.3 Å². The van der Waals surface area contributed by atoms with Crippen LogP contribution < -0.4 is 5.32 Å². The highest BCUT2D eigenvalue weighted by atomic mass is 35.5. The van der Waals surface area contributed by atoms with E-state index in [2.05, 4.69) is 27.7 Å². The van der Waals surface area contributed by atoms with Crippen LogP contribution in [0.1, 0.15) is 19.1 Å². The number of aromatic nitrogens is 4. The zero-order valence-electron chi connectivity index (χ0n) is 12.5. The molecule has 0 bridgehead atoms. The second kappa shape index (κ2) is 7.02. The van der Waals surface area contributed by atoms with Gasteiger partial charge in [-0.2, -0.15) is 4.80 Å². The second-order valence-corrected chi connectivity index (χ2v) is 5.86. The zero-order valence-corrected chi connectivity index (χ0v) is 14.0. The van der Waals surface area contributed by atoms with E-state index >= 15 is 0 Å². The summed E-state index contributed by atoms with van der Waals surface area (Å²) < 4.78 is 5.79. The molecule has 0 amide bonds. The van der Waals surface area contributed by atoms with E-state index in [0.717, 1.165) is 24.3 Å². The number of anilines is 1. The van der Waals surface area contributed by atoms with Gasteiger partial charge in [0.15, 0.2) is 0 Å². The Morgan fingerprint density at radius 1 is 1.17 bits per heavy atom. The normalized spacial score (nSPS) is 10.9. The number of nitrogens with zero attached hydrogens (tertiary/aromatic N) is 4. The van der Waals surface area contributed by atoms with Gasteiger partial charge in [0.05, 0.1) is 13.1 Å². The maximum atomic E-state index is 6.01. The Morgan fingerprint density at radius 2 is 1.96 bits per heavy atom. The molecule has 120 valence electrons. The van der Waals surface area contributed by atoms with Gasteiger partial charge in [0, 0.05) is 15.6 Å². The topological polar surface area (TPSA) is 68.8 Å². The summed E-state index contributed by atoms with van der Waals surface area (Å²) >= 11 is 12.0. The summed E-state index contributed by atoms with van der Waals surface area (Å²) in [7, 11) is 0. The molecule has 0 atom stereocenters. The Hall–Kier alpha value is -2.05. The van der Waals surface area contributed by atoms with Crippen LogP contribution in [0.5, 0.6) is 0 Å². The molecule has 3 rings (SSSR count). The van der Waals surface area contributed by atoms with Crippen LogP contribution in [0.3, 0.4) is 0 Å². The molecule has 0 saturated heterocycles. The van der Waals surface area contributed by atoms with Crippen LogP contribution >= 0.6 is 23.2 Å². The lowest BCUT2D eigenvalue weighted by molar-refractivity contribution is 0.514. The Balaban J connectivity index is 1.67. The van der Waals surface area contributed by atoms with Gasteiger partial charge in [0.2, 0.25) is 0 Å². The van der Waals surface area contributed by atoms with Gasteiger partial charge in [-0.3, -0.25) is 0 Å². The first-order chi connectivity index (χ1) is 11.1. The van der Waals surface area contributed by atoms with Crippen molar-refractivity contribution < 1.29 is 4.42 Å². The fraction of sp³-hybridized carbons (Fsp3) is 0.267. The molecule has 6 nitrogen and oxygen atoms in total. The number of hydrogen-bond donors (Lipinski definition) is 1. The summed E-state index contributed by atoms with van der Waals surface area (Å²) in [6.07, 6.45) is 0.958. The van der Waals surface area contributed by atoms with Crippen molar-refractivity contribution in [3.8, 4) is 11.3 Å². The van der Waals surface area contributed by atoms with Gasteiger partial charge in [-0.05, 0) is 42.0 Å². The van der Waals surface area contributed by atoms with Gasteiger partial charge in [0.25, 0.3) is 5.95 Å². The lowest BCUT2D eigenvalue weighted by atomic mass is 10.2. The monoisotopic (exact) mass is 351 g/mol. The Morgan fingerprint density at radius 3 is 2.70 bits per heavy atom. The summed E-state index contributed by atoms with van der Waals surface area (Å²) in [4.78, 5) is 1.56. The minimum atomic E-state index is 0.464. The van der Waals surface area contributed by atoms with E-state index in [9.17, 15) is 0 Å². The van der Waals surface area contributed by atoms with Gasteiger partial charge in [0.1, 0.15) is 11.5 Å². The van der Waals surface area contributed by atoms with Crippen LogP contribution in [0.2, 0.25) is 10.0 Å². The van der Waals surface area contributed by atoms with E-state index in [4.69, 9.17) is 27.6 Å². The molecule has 8 heteroatoms. The van der Waals surface area contributed by atoms with Crippen LogP contribution in [0, 0.1) is 0 Å². The van der Waals surface area contributed by atoms with E-state index in [-0.39, 0.29) is 0 Å². The molecule has 0 fully saturated rings. The largest absolute Gasteiger partial charge is 0.459 e. The first kappa shape index (κ1) is 15.8. The highest BCUT2D eigenvalue weighted by Gasteiger charge is 2.08. The number of nitrogens with one attached hydrogen (secondary N) is 1. The van der Waals surface area contributed by atoms with Crippen LogP contribution in [-0.2, 0) is 13.1 Å². The van der Waals surface area contributed by atoms with Crippen molar-refractivity contribution >= 4 is 29.2 Å². The Kier molecular flexibility index (Phi) is 4.83. The Labute approximate surface area is 143 Å². The van der Waals surface area contributed by atoms with Crippen LogP contribution in [-0.4, -0.2) is 20.2 Å². The third-order valence-electron chi connectivity index (χ3n) is 3.11. The number of aryl methyl sites for hydroxylation is 1. The number of benzene rings is 1. The fourth-order valence-corrected chi connectivity index (χ4v) is 2.63. The molecular weight excluding hydrogens is 337 g/mol. The number of rotatable bonds is 6. The standard InChI is InChI=1S/C15H15Cl2N5O/c1-2-5-22-20-15(19-21-22)18-9-13-3-4-14(23-13)10-6-11(16)8-12(17)7-10/h3-4,6-8H,2,5,9H2,1H3,(H,18,20). The van der Waals surface area contributed by atoms with Crippen LogP contribution in [0.4, 0.5) is 5.95 Å². The molecule has 0 aliphatic carbocycles. The van der Waals surface area contributed by atoms with E-state index in [1.165, 1.54) is 0 Å². The van der Waals surface area contributed by atoms with Crippen molar-refractivity contribution in [1.82, 2.24) is 20.2 Å². The van der Waals surface area contributed by atoms with Crippen molar-refractivity contribution in [2.75, 3.05) is 5.32 Å². The van der Waals surface area contributed by atoms with E-state index in [1.807, 2.05) is 12.1 Å². The molecule has 2 heterocycles. The number of halogens is 2. The zero-order chi connectivity index (χ0) is 16.2. The average Bonchev–Trinajstić information content (AvgIpc) is 3.13. The minimum absolute atomic E-state index is 0.464.